The van der Waals surface area contributed by atoms with E-state index in [-0.39, 0.29) is 16.9 Å². The molecule has 1 amide bonds. The van der Waals surface area contributed by atoms with E-state index < -0.39 is 16.1 Å². The molecule has 1 aromatic carbocycles. The molecule has 3 rings (SSSR count). The van der Waals surface area contributed by atoms with Gasteiger partial charge in [0, 0.05) is 25.3 Å². The van der Waals surface area contributed by atoms with Crippen molar-refractivity contribution in [2.24, 2.45) is 0 Å². The summed E-state index contributed by atoms with van der Waals surface area (Å²) >= 11 is 0. The van der Waals surface area contributed by atoms with Gasteiger partial charge in [-0.15, -0.1) is 0 Å². The normalized spacial score (nSPS) is 25.0. The van der Waals surface area contributed by atoms with E-state index in [1.54, 1.807) is 29.4 Å². The molecule has 7 nitrogen and oxygen atoms in total. The van der Waals surface area contributed by atoms with Gasteiger partial charge in [0.25, 0.3) is 0 Å². The average Bonchev–Trinajstić information content (AvgIpc) is 2.93. The number of benzene rings is 1. The highest BCUT2D eigenvalue weighted by Gasteiger charge is 2.30. The Labute approximate surface area is 161 Å². The van der Waals surface area contributed by atoms with E-state index in [0.717, 1.165) is 25.7 Å². The van der Waals surface area contributed by atoms with Crippen molar-refractivity contribution < 1.29 is 17.9 Å². The predicted octanol–water partition coefficient (Wildman–Crippen LogP) is 1.88. The Morgan fingerprint density at radius 3 is 2.59 bits per heavy atom. The zero-order chi connectivity index (χ0) is 19.4. The van der Waals surface area contributed by atoms with E-state index in [1.165, 1.54) is 0 Å². The summed E-state index contributed by atoms with van der Waals surface area (Å²) in [7, 11) is -3.57. The number of sulfonamides is 1. The molecule has 150 valence electrons. The summed E-state index contributed by atoms with van der Waals surface area (Å²) in [6, 6.07) is 4.60. The second-order valence-corrected chi connectivity index (χ2v) is 9.20. The molecule has 2 N–H and O–H groups in total. The van der Waals surface area contributed by atoms with Crippen LogP contribution in [-0.4, -0.2) is 57.0 Å². The lowest BCUT2D eigenvalue weighted by atomic mass is 10.1. The van der Waals surface area contributed by atoms with Crippen LogP contribution >= 0.6 is 0 Å². The van der Waals surface area contributed by atoms with Crippen LogP contribution in [-0.2, 0) is 19.6 Å². The van der Waals surface area contributed by atoms with Crippen LogP contribution in [0.2, 0.25) is 0 Å². The van der Waals surface area contributed by atoms with Crippen LogP contribution in [0.15, 0.2) is 23.1 Å². The molecular formula is C19H29N3O4S. The van der Waals surface area contributed by atoms with Crippen LogP contribution in [0.3, 0.4) is 0 Å². The number of nitrogens with one attached hydrogen (secondary N) is 2. The smallest absolute Gasteiger partial charge is 0.244 e. The Morgan fingerprint density at radius 2 is 1.93 bits per heavy atom. The number of ether oxygens (including phenoxy) is 1. The molecule has 0 unspecified atom stereocenters. The van der Waals surface area contributed by atoms with Crippen LogP contribution in [0.1, 0.15) is 38.2 Å². The highest BCUT2D eigenvalue weighted by atomic mass is 32.2. The third-order valence-electron chi connectivity index (χ3n) is 5.24. The van der Waals surface area contributed by atoms with E-state index in [2.05, 4.69) is 10.6 Å². The standard InChI is InChI=1S/C19H29N3O4S/c1-14-7-8-16(21-19(23)18-15(2)26-12-9-20-18)13-17(14)27(24,25)22-10-5-3-4-6-11-22/h7-8,13,15,18,20H,3-6,9-12H2,1-2H3,(H,21,23)/t15-,18+/m1/s1. The summed E-state index contributed by atoms with van der Waals surface area (Å²) in [5.74, 6) is -0.218. The van der Waals surface area contributed by atoms with E-state index in [0.29, 0.717) is 37.5 Å². The molecule has 2 heterocycles. The average molecular weight is 396 g/mol. The van der Waals surface area contributed by atoms with Gasteiger partial charge in [-0.1, -0.05) is 18.9 Å². The lowest BCUT2D eigenvalue weighted by Crippen LogP contribution is -2.53. The van der Waals surface area contributed by atoms with Crippen LogP contribution in [0, 0.1) is 6.92 Å². The second kappa shape index (κ2) is 8.68. The van der Waals surface area contributed by atoms with E-state index in [4.69, 9.17) is 4.74 Å². The van der Waals surface area contributed by atoms with Crippen molar-refractivity contribution in [3.05, 3.63) is 23.8 Å². The molecule has 2 aliphatic heterocycles. The van der Waals surface area contributed by atoms with Crippen molar-refractivity contribution in [3.63, 3.8) is 0 Å². The van der Waals surface area contributed by atoms with Crippen molar-refractivity contribution in [2.45, 2.75) is 56.6 Å². The lowest BCUT2D eigenvalue weighted by molar-refractivity contribution is -0.123. The summed E-state index contributed by atoms with van der Waals surface area (Å²) in [5.41, 5.74) is 1.17. The van der Waals surface area contributed by atoms with Crippen LogP contribution < -0.4 is 10.6 Å². The van der Waals surface area contributed by atoms with Crippen molar-refractivity contribution in [1.82, 2.24) is 9.62 Å². The number of morpholine rings is 1. The minimum atomic E-state index is -3.57. The van der Waals surface area contributed by atoms with Gasteiger partial charge in [-0.05, 0) is 44.4 Å². The van der Waals surface area contributed by atoms with E-state index in [1.807, 2.05) is 6.92 Å². The molecule has 0 saturated carbocycles. The third-order valence-corrected chi connectivity index (χ3v) is 7.28. The van der Waals surface area contributed by atoms with Gasteiger partial charge in [-0.2, -0.15) is 4.31 Å². The predicted molar refractivity (Wildman–Crippen MR) is 104 cm³/mol. The fourth-order valence-electron chi connectivity index (χ4n) is 3.62. The first-order chi connectivity index (χ1) is 12.9. The Balaban J connectivity index is 1.80. The fourth-order valence-corrected chi connectivity index (χ4v) is 5.39. The minimum absolute atomic E-state index is 0.218. The summed E-state index contributed by atoms with van der Waals surface area (Å²) in [4.78, 5) is 12.8. The van der Waals surface area contributed by atoms with Gasteiger partial charge in [-0.25, -0.2) is 8.42 Å². The Morgan fingerprint density at radius 1 is 1.22 bits per heavy atom. The minimum Gasteiger partial charge on any atom is -0.375 e. The number of amides is 1. The molecular weight excluding hydrogens is 366 g/mol. The number of nitrogens with zero attached hydrogens (tertiary/aromatic N) is 1. The molecule has 2 saturated heterocycles. The van der Waals surface area contributed by atoms with E-state index >= 15 is 0 Å². The highest BCUT2D eigenvalue weighted by Crippen LogP contribution is 2.26. The maximum absolute atomic E-state index is 13.1. The number of aryl methyl sites for hydroxylation is 1. The number of rotatable bonds is 4. The van der Waals surface area contributed by atoms with Crippen molar-refractivity contribution >= 4 is 21.6 Å². The van der Waals surface area contributed by atoms with Gasteiger partial charge in [-0.3, -0.25) is 4.79 Å². The highest BCUT2D eigenvalue weighted by molar-refractivity contribution is 7.89. The number of carbonyl (C=O) groups is 1. The summed E-state index contributed by atoms with van der Waals surface area (Å²) in [6.07, 6.45) is 3.68. The maximum Gasteiger partial charge on any atom is 0.244 e. The second-order valence-electron chi connectivity index (χ2n) is 7.30. The number of hydrogen-bond acceptors (Lipinski definition) is 5. The summed E-state index contributed by atoms with van der Waals surface area (Å²) in [5, 5.41) is 5.97. The van der Waals surface area contributed by atoms with Gasteiger partial charge in [0.05, 0.1) is 17.6 Å². The first kappa shape index (κ1) is 20.3. The van der Waals surface area contributed by atoms with Gasteiger partial charge in [0.1, 0.15) is 6.04 Å². The lowest BCUT2D eigenvalue weighted by Gasteiger charge is -2.29. The maximum atomic E-state index is 13.1. The van der Waals surface area contributed by atoms with E-state index in [9.17, 15) is 13.2 Å². The Hall–Kier alpha value is -1.48. The number of anilines is 1. The van der Waals surface area contributed by atoms with Crippen molar-refractivity contribution in [3.8, 4) is 0 Å². The quantitative estimate of drug-likeness (QED) is 0.813. The molecule has 1 aromatic rings. The molecule has 0 bridgehead atoms. The SMILES string of the molecule is Cc1ccc(NC(=O)[C@H]2NCCO[C@@H]2C)cc1S(=O)(=O)N1CCCCCC1. The van der Waals surface area contributed by atoms with Gasteiger partial charge < -0.3 is 15.4 Å². The van der Waals surface area contributed by atoms with Gasteiger partial charge in [0.15, 0.2) is 0 Å². The molecule has 2 fully saturated rings. The molecule has 2 aliphatic rings. The molecule has 8 heteroatoms. The van der Waals surface area contributed by atoms with Crippen LogP contribution in [0.5, 0.6) is 0 Å². The summed E-state index contributed by atoms with van der Waals surface area (Å²) < 4.78 is 33.4. The molecule has 0 aromatic heterocycles. The topological polar surface area (TPSA) is 87.7 Å². The summed E-state index contributed by atoms with van der Waals surface area (Å²) in [6.45, 7) is 5.94. The first-order valence-corrected chi connectivity index (χ1v) is 11.1. The number of carbonyl (C=O) groups excluding carboxylic acids is 1. The number of hydrogen-bond donors (Lipinski definition) is 2. The zero-order valence-corrected chi connectivity index (χ0v) is 16.8. The van der Waals surface area contributed by atoms with Crippen molar-refractivity contribution in [1.29, 1.82) is 0 Å². The van der Waals surface area contributed by atoms with Crippen LogP contribution in [0.4, 0.5) is 5.69 Å². The first-order valence-electron chi connectivity index (χ1n) is 9.66. The molecule has 2 atom stereocenters. The molecule has 0 aliphatic carbocycles. The molecule has 27 heavy (non-hydrogen) atoms. The largest absolute Gasteiger partial charge is 0.375 e. The van der Waals surface area contributed by atoms with Gasteiger partial charge in [0.2, 0.25) is 15.9 Å². The monoisotopic (exact) mass is 395 g/mol. The Bertz CT molecular complexity index is 773. The fraction of sp³-hybridized carbons (Fsp3) is 0.632. The van der Waals surface area contributed by atoms with Crippen LogP contribution in [0.25, 0.3) is 0 Å². The molecule has 0 spiro atoms. The van der Waals surface area contributed by atoms with Crippen molar-refractivity contribution in [2.75, 3.05) is 31.6 Å². The van der Waals surface area contributed by atoms with Gasteiger partial charge >= 0.3 is 0 Å². The Kier molecular flexibility index (Phi) is 6.52. The molecule has 0 radical (unpaired) electrons. The third kappa shape index (κ3) is 4.68. The zero-order valence-electron chi connectivity index (χ0n) is 16.0.